The Hall–Kier alpha value is -2.73. The number of carbonyl (C=O) groups is 2. The maximum absolute atomic E-state index is 13.9. The lowest BCUT2D eigenvalue weighted by molar-refractivity contribution is -0.119. The summed E-state index contributed by atoms with van der Waals surface area (Å²) in [5.41, 5.74) is 1.79. The van der Waals surface area contributed by atoms with Crippen LogP contribution in [-0.2, 0) is 29.3 Å². The molecule has 3 aromatic rings. The van der Waals surface area contributed by atoms with E-state index in [-0.39, 0.29) is 30.3 Å². The Morgan fingerprint density at radius 3 is 2.59 bits per heavy atom. The molecule has 3 heterocycles. The van der Waals surface area contributed by atoms with Gasteiger partial charge >= 0.3 is 6.16 Å². The van der Waals surface area contributed by atoms with Crippen molar-refractivity contribution in [3.8, 4) is 0 Å². The molecule has 1 amide bonds. The van der Waals surface area contributed by atoms with E-state index in [0.29, 0.717) is 28.2 Å². The number of amides is 1. The number of anilines is 1. The molecule has 41 heavy (non-hydrogen) atoms. The number of morpholine rings is 1. The van der Waals surface area contributed by atoms with Crippen LogP contribution in [-0.4, -0.2) is 58.7 Å². The van der Waals surface area contributed by atoms with Crippen LogP contribution in [0.1, 0.15) is 17.5 Å². The second-order valence-corrected chi connectivity index (χ2v) is 12.0. The predicted octanol–water partition coefficient (Wildman–Crippen LogP) is 6.46. The summed E-state index contributed by atoms with van der Waals surface area (Å²) in [6.45, 7) is 3.20. The largest absolute Gasteiger partial charge is 0.513 e. The van der Waals surface area contributed by atoms with Crippen LogP contribution < -0.4 is 10.2 Å². The highest BCUT2D eigenvalue weighted by Crippen LogP contribution is 2.46. The summed E-state index contributed by atoms with van der Waals surface area (Å²) in [5.74, 6) is -0.249. The van der Waals surface area contributed by atoms with Crippen molar-refractivity contribution in [3.05, 3.63) is 91.1 Å². The Morgan fingerprint density at radius 1 is 1.10 bits per heavy atom. The van der Waals surface area contributed by atoms with E-state index >= 15 is 0 Å². The lowest BCUT2D eigenvalue weighted by Gasteiger charge is -2.39. The first kappa shape index (κ1) is 29.8. The molecule has 0 saturated carbocycles. The van der Waals surface area contributed by atoms with Crippen molar-refractivity contribution in [1.82, 2.24) is 5.32 Å². The molecule has 12 heteroatoms. The van der Waals surface area contributed by atoms with Crippen molar-refractivity contribution in [3.63, 3.8) is 0 Å². The van der Waals surface area contributed by atoms with Gasteiger partial charge in [-0.3, -0.25) is 4.79 Å². The van der Waals surface area contributed by atoms with Crippen LogP contribution in [0.3, 0.4) is 0 Å². The second kappa shape index (κ2) is 13.5. The molecule has 2 aromatic carbocycles. The molecule has 0 radical (unpaired) electrons. The Bertz CT molecular complexity index is 1410. The van der Waals surface area contributed by atoms with Gasteiger partial charge in [-0.05, 0) is 58.3 Å². The number of rotatable bonds is 9. The van der Waals surface area contributed by atoms with Crippen LogP contribution in [0.5, 0.6) is 0 Å². The molecule has 1 fully saturated rings. The fourth-order valence-electron chi connectivity index (χ4n) is 4.73. The molecule has 1 aromatic heterocycles. The van der Waals surface area contributed by atoms with Gasteiger partial charge in [0, 0.05) is 42.2 Å². The number of nitrogens with one attached hydrogen (secondary N) is 1. The van der Waals surface area contributed by atoms with E-state index in [2.05, 4.69) is 10.2 Å². The molecule has 0 unspecified atom stereocenters. The van der Waals surface area contributed by atoms with Gasteiger partial charge in [0.05, 0.1) is 30.4 Å². The molecule has 0 spiro atoms. The molecule has 8 nitrogen and oxygen atoms in total. The summed E-state index contributed by atoms with van der Waals surface area (Å²) in [5, 5.41) is 8.04. The zero-order valence-electron chi connectivity index (χ0n) is 22.2. The lowest BCUT2D eigenvalue weighted by Crippen LogP contribution is -2.50. The summed E-state index contributed by atoms with van der Waals surface area (Å²) in [7, 11) is 1.51. The average Bonchev–Trinajstić information content (AvgIpc) is 3.53. The monoisotopic (exact) mass is 634 g/mol. The minimum absolute atomic E-state index is 0.0100. The van der Waals surface area contributed by atoms with Crippen molar-refractivity contribution in [1.29, 1.82) is 0 Å². The van der Waals surface area contributed by atoms with Gasteiger partial charge in [-0.2, -0.15) is 11.3 Å². The fourth-order valence-corrected chi connectivity index (χ4v) is 6.88. The first-order valence-electron chi connectivity index (χ1n) is 12.9. The van der Waals surface area contributed by atoms with E-state index in [1.807, 2.05) is 41.1 Å². The van der Waals surface area contributed by atoms with Gasteiger partial charge in [0.25, 0.3) is 5.91 Å². The Labute approximate surface area is 256 Å². The molecular weight excluding hydrogens is 607 g/mol. The van der Waals surface area contributed by atoms with Crippen LogP contribution in [0.4, 0.5) is 10.5 Å². The van der Waals surface area contributed by atoms with Gasteiger partial charge in [0.2, 0.25) is 0 Å². The third-order valence-corrected chi connectivity index (χ3v) is 9.32. The maximum atomic E-state index is 13.9. The van der Waals surface area contributed by atoms with Gasteiger partial charge in [-0.1, -0.05) is 47.1 Å². The van der Waals surface area contributed by atoms with Crippen LogP contribution in [0, 0.1) is 0 Å². The first-order chi connectivity index (χ1) is 19.9. The zero-order valence-corrected chi connectivity index (χ0v) is 25.3. The number of carbonyl (C=O) groups excluding carboxylic acids is 2. The third kappa shape index (κ3) is 6.85. The van der Waals surface area contributed by atoms with Gasteiger partial charge in [0.1, 0.15) is 17.3 Å². The van der Waals surface area contributed by atoms with Crippen LogP contribution in [0.25, 0.3) is 0 Å². The fraction of sp³-hybridized carbons (Fsp3) is 0.310. The molecule has 216 valence electrons. The Morgan fingerprint density at radius 2 is 1.88 bits per heavy atom. The molecular formula is C29H28Cl2N2O6S2. The van der Waals surface area contributed by atoms with Crippen molar-refractivity contribution < 1.29 is 28.5 Å². The highest BCUT2D eigenvalue weighted by molar-refractivity contribution is 8.04. The van der Waals surface area contributed by atoms with E-state index in [0.717, 1.165) is 41.7 Å². The minimum Gasteiger partial charge on any atom is -0.432 e. The lowest BCUT2D eigenvalue weighted by atomic mass is 9.79. The van der Waals surface area contributed by atoms with E-state index in [4.69, 9.17) is 42.1 Å². The molecule has 2 aliphatic heterocycles. The number of thioether (sulfide) groups is 1. The van der Waals surface area contributed by atoms with Gasteiger partial charge in [-0.25, -0.2) is 4.79 Å². The second-order valence-electron chi connectivity index (χ2n) is 9.32. The van der Waals surface area contributed by atoms with Crippen molar-refractivity contribution in [2.24, 2.45) is 0 Å². The molecule has 0 bridgehead atoms. The SMILES string of the molecule is COCCOC(=O)OC1=C(Sc2cc(Cl)ccc2Cl)C(=O)N[C@@](c2ccc(N3CCOCC3)cc2)(c2ccsc2)C1. The van der Waals surface area contributed by atoms with Crippen molar-refractivity contribution in [2.75, 3.05) is 51.5 Å². The Balaban J connectivity index is 1.54. The van der Waals surface area contributed by atoms with E-state index in [1.54, 1.807) is 18.2 Å². The summed E-state index contributed by atoms with van der Waals surface area (Å²) in [6.07, 6.45) is -0.768. The highest BCUT2D eigenvalue weighted by Gasteiger charge is 2.44. The molecule has 5 rings (SSSR count). The normalized spacial score (nSPS) is 19.2. The van der Waals surface area contributed by atoms with E-state index < -0.39 is 17.6 Å². The highest BCUT2D eigenvalue weighted by atomic mass is 35.5. The number of thiophene rings is 1. The van der Waals surface area contributed by atoms with Crippen LogP contribution in [0.2, 0.25) is 10.0 Å². The van der Waals surface area contributed by atoms with Crippen LogP contribution >= 0.6 is 46.3 Å². The number of hydrogen-bond donors (Lipinski definition) is 1. The van der Waals surface area contributed by atoms with Gasteiger partial charge in [0.15, 0.2) is 0 Å². The number of halogens is 2. The molecule has 1 atom stereocenters. The molecule has 2 aliphatic rings. The summed E-state index contributed by atoms with van der Waals surface area (Å²) in [6, 6.07) is 15.0. The van der Waals surface area contributed by atoms with Gasteiger partial charge < -0.3 is 29.2 Å². The third-order valence-electron chi connectivity index (χ3n) is 6.78. The van der Waals surface area contributed by atoms with E-state index in [9.17, 15) is 9.59 Å². The van der Waals surface area contributed by atoms with Gasteiger partial charge in [-0.15, -0.1) is 0 Å². The number of ether oxygens (including phenoxy) is 4. The summed E-state index contributed by atoms with van der Waals surface area (Å²) >= 11 is 15.2. The maximum Gasteiger partial charge on any atom is 0.513 e. The molecule has 1 saturated heterocycles. The van der Waals surface area contributed by atoms with E-state index in [1.165, 1.54) is 18.4 Å². The first-order valence-corrected chi connectivity index (χ1v) is 15.4. The Kier molecular flexibility index (Phi) is 9.79. The quantitative estimate of drug-likeness (QED) is 0.212. The number of hydrogen-bond acceptors (Lipinski definition) is 9. The average molecular weight is 636 g/mol. The topological polar surface area (TPSA) is 86.3 Å². The smallest absolute Gasteiger partial charge is 0.432 e. The number of benzene rings is 2. The molecule has 0 aliphatic carbocycles. The summed E-state index contributed by atoms with van der Waals surface area (Å²) < 4.78 is 21.4. The zero-order chi connectivity index (χ0) is 28.8. The van der Waals surface area contributed by atoms with Crippen LogP contribution in [0.15, 0.2) is 74.9 Å². The molecule has 1 N–H and O–H groups in total. The summed E-state index contributed by atoms with van der Waals surface area (Å²) in [4.78, 5) is 29.6. The number of methoxy groups -OCH3 is 1. The standard InChI is InChI=1S/C29H28Cl2N2O6S2/c1-36-13-14-38-28(35)39-24-17-29(20-8-15-40-18-20,19-2-5-22(6-3-19)33-9-11-37-12-10-33)32-27(34)26(24)41-25-16-21(30)4-7-23(25)31/h2-8,15-16,18H,9-14,17H2,1H3,(H,32,34)/t29-/m0/s1. The van der Waals surface area contributed by atoms with Crippen molar-refractivity contribution >= 4 is 64.1 Å². The predicted molar refractivity (Wildman–Crippen MR) is 161 cm³/mol. The number of nitrogens with zero attached hydrogens (tertiary/aromatic N) is 1. The minimum atomic E-state index is -0.995. The van der Waals surface area contributed by atoms with Crippen molar-refractivity contribution in [2.45, 2.75) is 16.9 Å².